The van der Waals surface area contributed by atoms with E-state index < -0.39 is 30.2 Å². The van der Waals surface area contributed by atoms with E-state index in [1.165, 1.54) is 12.4 Å². The number of carbonyl (C=O) groups is 2. The van der Waals surface area contributed by atoms with Crippen molar-refractivity contribution in [2.45, 2.75) is 52.3 Å². The third-order valence-electron chi connectivity index (χ3n) is 4.55. The fraction of sp³-hybridized carbons (Fsp3) is 0.429. The molecular formula is C21H25F2N5O3. The molecule has 0 aromatic carbocycles. The van der Waals surface area contributed by atoms with Crippen molar-refractivity contribution in [2.75, 3.05) is 5.32 Å². The van der Waals surface area contributed by atoms with Crippen molar-refractivity contribution in [1.29, 1.82) is 0 Å². The van der Waals surface area contributed by atoms with Gasteiger partial charge in [-0.1, -0.05) is 19.1 Å². The summed E-state index contributed by atoms with van der Waals surface area (Å²) in [5, 5.41) is 9.17. The first-order valence-electron chi connectivity index (χ1n) is 9.84. The molecule has 2 aromatic rings. The van der Waals surface area contributed by atoms with Crippen LogP contribution >= 0.6 is 0 Å². The Morgan fingerprint density at radius 1 is 1.39 bits per heavy atom. The summed E-state index contributed by atoms with van der Waals surface area (Å²) in [6.07, 6.45) is 5.80. The minimum Gasteiger partial charge on any atom is -0.444 e. The van der Waals surface area contributed by atoms with E-state index in [9.17, 15) is 18.4 Å². The molecule has 3 heterocycles. The normalized spacial score (nSPS) is 20.2. The van der Waals surface area contributed by atoms with E-state index in [0.717, 1.165) is 0 Å². The summed E-state index contributed by atoms with van der Waals surface area (Å²) in [4.78, 5) is 29.2. The van der Waals surface area contributed by atoms with Gasteiger partial charge < -0.3 is 15.4 Å². The molecule has 3 rings (SSSR count). The molecule has 0 radical (unpaired) electrons. The zero-order valence-electron chi connectivity index (χ0n) is 17.7. The highest BCUT2D eigenvalue weighted by Crippen LogP contribution is 2.33. The van der Waals surface area contributed by atoms with Crippen LogP contribution in [0.15, 0.2) is 36.7 Å². The highest BCUT2D eigenvalue weighted by atomic mass is 19.3. The van der Waals surface area contributed by atoms with Crippen molar-refractivity contribution in [1.82, 2.24) is 20.1 Å². The number of pyridine rings is 1. The topological polar surface area (TPSA) is 98.1 Å². The van der Waals surface area contributed by atoms with Crippen molar-refractivity contribution in [3.8, 4) is 11.3 Å². The molecule has 1 aliphatic rings. The first-order valence-corrected chi connectivity index (χ1v) is 9.84. The zero-order valence-corrected chi connectivity index (χ0v) is 17.7. The van der Waals surface area contributed by atoms with E-state index in [0.29, 0.717) is 22.4 Å². The summed E-state index contributed by atoms with van der Waals surface area (Å²) in [6, 6.07) is 2.55. The first kappa shape index (κ1) is 22.4. The molecule has 31 heavy (non-hydrogen) atoms. The van der Waals surface area contributed by atoms with Crippen LogP contribution in [-0.2, 0) is 9.53 Å². The highest BCUT2D eigenvalue weighted by Gasteiger charge is 2.25. The predicted octanol–water partition coefficient (Wildman–Crippen LogP) is 4.44. The molecule has 1 aliphatic heterocycles. The number of fused-ring (bicyclic) bond motifs is 4. The monoisotopic (exact) mass is 433 g/mol. The minimum atomic E-state index is -2.90. The molecule has 0 unspecified atom stereocenters. The van der Waals surface area contributed by atoms with Crippen molar-refractivity contribution in [3.05, 3.63) is 42.4 Å². The van der Waals surface area contributed by atoms with Gasteiger partial charge in [0.05, 0.1) is 35.2 Å². The molecule has 2 N–H and O–H groups in total. The SMILES string of the molecule is C[C@@H]1/C=C/C[C@H](NC(=O)OC(C)(C)C)c2cc(ccn2)-c2c(cnn2C(F)F)NC1=O. The number of amides is 2. The summed E-state index contributed by atoms with van der Waals surface area (Å²) in [5.74, 6) is -0.895. The maximum absolute atomic E-state index is 13.6. The lowest BCUT2D eigenvalue weighted by Gasteiger charge is -2.23. The molecule has 0 fully saturated rings. The van der Waals surface area contributed by atoms with Crippen LogP contribution in [0.3, 0.4) is 0 Å². The maximum atomic E-state index is 13.6. The lowest BCUT2D eigenvalue weighted by Crippen LogP contribution is -2.35. The van der Waals surface area contributed by atoms with Crippen molar-refractivity contribution >= 4 is 17.7 Å². The Morgan fingerprint density at radius 2 is 2.13 bits per heavy atom. The van der Waals surface area contributed by atoms with Crippen LogP contribution in [0, 0.1) is 5.92 Å². The minimum absolute atomic E-state index is 0.0553. The quantitative estimate of drug-likeness (QED) is 0.683. The van der Waals surface area contributed by atoms with Gasteiger partial charge in [-0.2, -0.15) is 13.9 Å². The molecule has 10 heteroatoms. The Balaban J connectivity index is 2.07. The Morgan fingerprint density at radius 3 is 2.81 bits per heavy atom. The van der Waals surface area contributed by atoms with Crippen LogP contribution in [0.5, 0.6) is 0 Å². The number of aromatic nitrogens is 3. The van der Waals surface area contributed by atoms with Gasteiger partial charge in [-0.25, -0.2) is 9.48 Å². The van der Waals surface area contributed by atoms with E-state index in [1.54, 1.807) is 52.0 Å². The number of nitrogens with one attached hydrogen (secondary N) is 2. The van der Waals surface area contributed by atoms with E-state index in [-0.39, 0.29) is 17.3 Å². The molecule has 2 atom stereocenters. The Hall–Kier alpha value is -3.30. The molecule has 0 saturated heterocycles. The van der Waals surface area contributed by atoms with Crippen LogP contribution in [0.4, 0.5) is 19.3 Å². The second-order valence-electron chi connectivity index (χ2n) is 8.24. The second kappa shape index (κ2) is 8.83. The Labute approximate surface area is 178 Å². The van der Waals surface area contributed by atoms with Gasteiger partial charge in [0.25, 0.3) is 0 Å². The summed E-state index contributed by atoms with van der Waals surface area (Å²) >= 11 is 0. The van der Waals surface area contributed by atoms with Gasteiger partial charge in [0.15, 0.2) is 0 Å². The zero-order chi connectivity index (χ0) is 22.8. The largest absolute Gasteiger partial charge is 0.444 e. The van der Waals surface area contributed by atoms with Crippen LogP contribution in [-0.4, -0.2) is 32.4 Å². The fourth-order valence-corrected chi connectivity index (χ4v) is 3.13. The van der Waals surface area contributed by atoms with E-state index in [2.05, 4.69) is 20.7 Å². The Bertz CT molecular complexity index is 997. The lowest BCUT2D eigenvalue weighted by molar-refractivity contribution is -0.118. The number of halogens is 2. The average molecular weight is 433 g/mol. The molecule has 2 aromatic heterocycles. The summed E-state index contributed by atoms with van der Waals surface area (Å²) in [7, 11) is 0. The molecule has 2 bridgehead atoms. The number of carbonyl (C=O) groups excluding carboxylic acids is 2. The molecule has 0 saturated carbocycles. The van der Waals surface area contributed by atoms with Gasteiger partial charge in [0.1, 0.15) is 5.60 Å². The number of alkyl halides is 2. The van der Waals surface area contributed by atoms with Crippen LogP contribution < -0.4 is 10.6 Å². The maximum Gasteiger partial charge on any atom is 0.408 e. The number of hydrogen-bond donors (Lipinski definition) is 2. The van der Waals surface area contributed by atoms with Gasteiger partial charge in [0, 0.05) is 11.8 Å². The number of rotatable bonds is 2. The predicted molar refractivity (Wildman–Crippen MR) is 110 cm³/mol. The van der Waals surface area contributed by atoms with E-state index in [4.69, 9.17) is 4.74 Å². The van der Waals surface area contributed by atoms with E-state index >= 15 is 0 Å². The van der Waals surface area contributed by atoms with Gasteiger partial charge in [-0.3, -0.25) is 9.78 Å². The molecule has 166 valence electrons. The smallest absolute Gasteiger partial charge is 0.408 e. The third kappa shape index (κ3) is 5.44. The molecule has 8 nitrogen and oxygen atoms in total. The van der Waals surface area contributed by atoms with Crippen molar-refractivity contribution in [2.24, 2.45) is 5.92 Å². The number of hydrogen-bond acceptors (Lipinski definition) is 5. The molecule has 0 aliphatic carbocycles. The van der Waals surface area contributed by atoms with Crippen LogP contribution in [0.25, 0.3) is 11.3 Å². The van der Waals surface area contributed by atoms with Gasteiger partial charge >= 0.3 is 12.6 Å². The van der Waals surface area contributed by atoms with E-state index in [1.807, 2.05) is 0 Å². The third-order valence-corrected chi connectivity index (χ3v) is 4.55. The number of ether oxygens (including phenoxy) is 1. The van der Waals surface area contributed by atoms with Gasteiger partial charge in [0.2, 0.25) is 5.91 Å². The number of alkyl carbamates (subject to hydrolysis) is 1. The standard InChI is InChI=1S/C21H25F2N5O3/c1-12-6-5-7-14(27-20(30)31-21(2,3)4)15-10-13(8-9-24-15)17-16(26-18(12)29)11-25-28(17)19(22)23/h5-6,8-12,14,19H,7H2,1-4H3,(H,26,29)(H,27,30)/b6-5+/t12-,14+/m1/s1. The van der Waals surface area contributed by atoms with Crippen molar-refractivity contribution < 1.29 is 23.1 Å². The summed E-state index contributed by atoms with van der Waals surface area (Å²) < 4.78 is 33.0. The molecular weight excluding hydrogens is 408 g/mol. The number of anilines is 1. The Kier molecular flexibility index (Phi) is 6.37. The average Bonchev–Trinajstić information content (AvgIpc) is 3.08. The van der Waals surface area contributed by atoms with Crippen LogP contribution in [0.1, 0.15) is 52.4 Å². The second-order valence-corrected chi connectivity index (χ2v) is 8.24. The fourth-order valence-electron chi connectivity index (χ4n) is 3.13. The van der Waals surface area contributed by atoms with Gasteiger partial charge in [-0.05, 0) is 39.3 Å². The van der Waals surface area contributed by atoms with Crippen molar-refractivity contribution in [3.63, 3.8) is 0 Å². The summed E-state index contributed by atoms with van der Waals surface area (Å²) in [5.41, 5.74) is 0.373. The van der Waals surface area contributed by atoms with Gasteiger partial charge in [-0.15, -0.1) is 0 Å². The molecule has 2 amide bonds. The summed E-state index contributed by atoms with van der Waals surface area (Å²) in [6.45, 7) is 4.03. The molecule has 0 spiro atoms. The highest BCUT2D eigenvalue weighted by molar-refractivity contribution is 5.96. The lowest BCUT2D eigenvalue weighted by atomic mass is 10.0. The van der Waals surface area contributed by atoms with Crippen LogP contribution in [0.2, 0.25) is 0 Å². The first-order chi connectivity index (χ1) is 14.5. The number of nitrogens with zero attached hydrogens (tertiary/aromatic N) is 3.